The molecule has 0 bridgehead atoms. The number of nitrogens with one attached hydrogen (secondary N) is 2. The van der Waals surface area contributed by atoms with Crippen LogP contribution in [0.2, 0.25) is 0 Å². The summed E-state index contributed by atoms with van der Waals surface area (Å²) < 4.78 is 5.46. The standard InChI is InChI=1S/C19H28N4OS.HI/c1-6-20-19(21-10-9-18-14(3)23-15(4)25-18)22-12-16-8-7-13(2)11-17(16)24-5;/h7-8,11H,6,9-10,12H2,1-5H3,(H2,20,21,22);1H. The molecule has 0 aliphatic heterocycles. The van der Waals surface area contributed by atoms with E-state index in [4.69, 9.17) is 4.74 Å². The number of nitrogens with zero attached hydrogens (tertiary/aromatic N) is 2. The third-order valence-electron chi connectivity index (χ3n) is 3.84. The molecule has 1 aromatic carbocycles. The van der Waals surface area contributed by atoms with Gasteiger partial charge in [0.25, 0.3) is 0 Å². The Labute approximate surface area is 177 Å². The lowest BCUT2D eigenvalue weighted by Crippen LogP contribution is -2.38. The Bertz CT molecular complexity index is 730. The number of hydrogen-bond donors (Lipinski definition) is 2. The number of aryl methyl sites for hydroxylation is 3. The monoisotopic (exact) mass is 488 g/mol. The Hall–Kier alpha value is -1.35. The first-order valence-corrected chi connectivity index (χ1v) is 9.43. The van der Waals surface area contributed by atoms with E-state index in [1.165, 1.54) is 10.4 Å². The molecule has 0 atom stereocenters. The fraction of sp³-hybridized carbons (Fsp3) is 0.474. The number of thiazole rings is 1. The number of benzene rings is 1. The van der Waals surface area contributed by atoms with Gasteiger partial charge in [0.1, 0.15) is 5.75 Å². The van der Waals surface area contributed by atoms with Crippen LogP contribution in [-0.2, 0) is 13.0 Å². The van der Waals surface area contributed by atoms with Crippen LogP contribution in [0.3, 0.4) is 0 Å². The Balaban J connectivity index is 0.00000338. The molecular weight excluding hydrogens is 459 g/mol. The second-order valence-corrected chi connectivity index (χ2v) is 7.22. The molecular formula is C19H29IN4OS. The topological polar surface area (TPSA) is 58.5 Å². The summed E-state index contributed by atoms with van der Waals surface area (Å²) in [5.74, 6) is 1.71. The van der Waals surface area contributed by atoms with Crippen molar-refractivity contribution in [3.8, 4) is 5.75 Å². The Morgan fingerprint density at radius 2 is 2.00 bits per heavy atom. The minimum absolute atomic E-state index is 0. The molecule has 2 aromatic rings. The van der Waals surface area contributed by atoms with Crippen molar-refractivity contribution in [1.29, 1.82) is 0 Å². The van der Waals surface area contributed by atoms with Crippen molar-refractivity contribution in [3.05, 3.63) is 44.9 Å². The van der Waals surface area contributed by atoms with Crippen LogP contribution in [0.1, 0.15) is 33.6 Å². The van der Waals surface area contributed by atoms with E-state index in [1.807, 2.05) is 6.07 Å². The van der Waals surface area contributed by atoms with E-state index in [0.717, 1.165) is 47.5 Å². The highest BCUT2D eigenvalue weighted by Gasteiger charge is 2.06. The van der Waals surface area contributed by atoms with Crippen LogP contribution in [0.4, 0.5) is 0 Å². The van der Waals surface area contributed by atoms with Crippen molar-refractivity contribution < 1.29 is 4.74 Å². The number of aromatic nitrogens is 1. The molecule has 26 heavy (non-hydrogen) atoms. The molecule has 1 aromatic heterocycles. The number of rotatable bonds is 7. The molecule has 0 spiro atoms. The van der Waals surface area contributed by atoms with Crippen LogP contribution < -0.4 is 15.4 Å². The minimum Gasteiger partial charge on any atom is -0.496 e. The molecule has 0 amide bonds. The van der Waals surface area contributed by atoms with Crippen molar-refractivity contribution in [1.82, 2.24) is 15.6 Å². The van der Waals surface area contributed by atoms with Crippen LogP contribution in [0.15, 0.2) is 23.2 Å². The average Bonchev–Trinajstić information content (AvgIpc) is 2.90. The highest BCUT2D eigenvalue weighted by atomic mass is 127. The van der Waals surface area contributed by atoms with Gasteiger partial charge in [-0.15, -0.1) is 35.3 Å². The number of aliphatic imine (C=N–C) groups is 1. The molecule has 0 saturated heterocycles. The number of ether oxygens (including phenoxy) is 1. The summed E-state index contributed by atoms with van der Waals surface area (Å²) in [6, 6.07) is 6.20. The van der Waals surface area contributed by atoms with Gasteiger partial charge in [-0.05, 0) is 39.3 Å². The molecule has 144 valence electrons. The van der Waals surface area contributed by atoms with Crippen molar-refractivity contribution in [2.45, 2.75) is 40.7 Å². The van der Waals surface area contributed by atoms with Gasteiger partial charge in [-0.3, -0.25) is 0 Å². The van der Waals surface area contributed by atoms with Crippen LogP contribution in [0.25, 0.3) is 0 Å². The molecule has 0 aliphatic carbocycles. The van der Waals surface area contributed by atoms with Gasteiger partial charge in [0.15, 0.2) is 5.96 Å². The highest BCUT2D eigenvalue weighted by Crippen LogP contribution is 2.20. The number of methoxy groups -OCH3 is 1. The first-order chi connectivity index (χ1) is 12.0. The van der Waals surface area contributed by atoms with E-state index in [2.05, 4.69) is 60.4 Å². The predicted octanol–water partition coefficient (Wildman–Crippen LogP) is 3.99. The Morgan fingerprint density at radius 1 is 1.23 bits per heavy atom. The van der Waals surface area contributed by atoms with E-state index in [1.54, 1.807) is 18.4 Å². The SMILES string of the molecule is CCNC(=NCc1ccc(C)cc1OC)NCCc1sc(C)nc1C.I. The van der Waals surface area contributed by atoms with E-state index >= 15 is 0 Å². The maximum atomic E-state index is 5.46. The molecule has 5 nitrogen and oxygen atoms in total. The number of guanidine groups is 1. The second kappa shape index (κ2) is 11.4. The molecule has 0 fully saturated rings. The van der Waals surface area contributed by atoms with Crippen LogP contribution in [0, 0.1) is 20.8 Å². The van der Waals surface area contributed by atoms with Gasteiger partial charge in [-0.2, -0.15) is 0 Å². The third-order valence-corrected chi connectivity index (χ3v) is 4.97. The first-order valence-electron chi connectivity index (χ1n) is 8.62. The average molecular weight is 488 g/mol. The van der Waals surface area contributed by atoms with Crippen molar-refractivity contribution >= 4 is 41.3 Å². The molecule has 2 rings (SSSR count). The van der Waals surface area contributed by atoms with Gasteiger partial charge < -0.3 is 15.4 Å². The second-order valence-electron chi connectivity index (χ2n) is 5.93. The summed E-state index contributed by atoms with van der Waals surface area (Å²) in [5, 5.41) is 7.82. The number of halogens is 1. The summed E-state index contributed by atoms with van der Waals surface area (Å²) in [6.45, 7) is 10.5. The molecule has 7 heteroatoms. The van der Waals surface area contributed by atoms with Gasteiger partial charge in [-0.1, -0.05) is 12.1 Å². The van der Waals surface area contributed by atoms with Gasteiger partial charge in [0, 0.05) is 30.0 Å². The van der Waals surface area contributed by atoms with Gasteiger partial charge in [-0.25, -0.2) is 9.98 Å². The fourth-order valence-electron chi connectivity index (χ4n) is 2.59. The molecule has 1 heterocycles. The summed E-state index contributed by atoms with van der Waals surface area (Å²) >= 11 is 1.77. The zero-order valence-electron chi connectivity index (χ0n) is 16.2. The maximum absolute atomic E-state index is 5.46. The summed E-state index contributed by atoms with van der Waals surface area (Å²) in [6.07, 6.45) is 0.954. The Kier molecular flexibility index (Phi) is 9.93. The molecule has 0 radical (unpaired) electrons. The molecule has 0 saturated carbocycles. The van der Waals surface area contributed by atoms with Gasteiger partial charge in [0.05, 0.1) is 24.4 Å². The van der Waals surface area contributed by atoms with Gasteiger partial charge in [0.2, 0.25) is 0 Å². The normalized spacial score (nSPS) is 11.0. The van der Waals surface area contributed by atoms with Gasteiger partial charge >= 0.3 is 0 Å². The molecule has 0 aliphatic rings. The molecule has 2 N–H and O–H groups in total. The molecule has 0 unspecified atom stereocenters. The van der Waals surface area contributed by atoms with E-state index in [0.29, 0.717) is 6.54 Å². The minimum atomic E-state index is 0. The zero-order valence-corrected chi connectivity index (χ0v) is 19.3. The van der Waals surface area contributed by atoms with E-state index in [9.17, 15) is 0 Å². The summed E-state index contributed by atoms with van der Waals surface area (Å²) in [5.41, 5.74) is 3.40. The summed E-state index contributed by atoms with van der Waals surface area (Å²) in [7, 11) is 1.70. The smallest absolute Gasteiger partial charge is 0.191 e. The fourth-order valence-corrected chi connectivity index (χ4v) is 3.52. The van der Waals surface area contributed by atoms with Crippen LogP contribution in [0.5, 0.6) is 5.75 Å². The zero-order chi connectivity index (χ0) is 18.2. The van der Waals surface area contributed by atoms with Crippen LogP contribution >= 0.6 is 35.3 Å². The lowest BCUT2D eigenvalue weighted by atomic mass is 10.1. The highest BCUT2D eigenvalue weighted by molar-refractivity contribution is 14.0. The lowest BCUT2D eigenvalue weighted by Gasteiger charge is -2.12. The summed E-state index contributed by atoms with van der Waals surface area (Å²) in [4.78, 5) is 10.5. The lowest BCUT2D eigenvalue weighted by molar-refractivity contribution is 0.409. The Morgan fingerprint density at radius 3 is 2.62 bits per heavy atom. The number of hydrogen-bond acceptors (Lipinski definition) is 4. The third kappa shape index (κ3) is 6.75. The maximum Gasteiger partial charge on any atom is 0.191 e. The largest absolute Gasteiger partial charge is 0.496 e. The van der Waals surface area contributed by atoms with Crippen molar-refractivity contribution in [2.24, 2.45) is 4.99 Å². The van der Waals surface area contributed by atoms with Crippen molar-refractivity contribution in [2.75, 3.05) is 20.2 Å². The van der Waals surface area contributed by atoms with Crippen LogP contribution in [-0.4, -0.2) is 31.1 Å². The van der Waals surface area contributed by atoms with E-state index in [-0.39, 0.29) is 24.0 Å². The quantitative estimate of drug-likeness (QED) is 0.352. The predicted molar refractivity (Wildman–Crippen MR) is 121 cm³/mol. The van der Waals surface area contributed by atoms with E-state index < -0.39 is 0 Å². The van der Waals surface area contributed by atoms with Crippen molar-refractivity contribution in [3.63, 3.8) is 0 Å². The first kappa shape index (κ1) is 22.7.